The van der Waals surface area contributed by atoms with Crippen molar-refractivity contribution in [1.29, 1.82) is 5.26 Å². The van der Waals surface area contributed by atoms with Gasteiger partial charge in [-0.25, -0.2) is 0 Å². The molecule has 1 saturated heterocycles. The summed E-state index contributed by atoms with van der Waals surface area (Å²) in [7, 11) is 0. The van der Waals surface area contributed by atoms with Gasteiger partial charge in [-0.05, 0) is 47.0 Å². The summed E-state index contributed by atoms with van der Waals surface area (Å²) in [5, 5.41) is 9.42. The fraction of sp³-hybridized carbons (Fsp3) is 0.417. The van der Waals surface area contributed by atoms with E-state index in [0.29, 0.717) is 10.8 Å². The second kappa shape index (κ2) is 5.72. The molecule has 0 aromatic heterocycles. The first-order valence-electron chi connectivity index (χ1n) is 5.23. The molecule has 1 aliphatic rings. The van der Waals surface area contributed by atoms with Crippen molar-refractivity contribution in [1.82, 2.24) is 0 Å². The maximum absolute atomic E-state index is 8.78. The first kappa shape index (κ1) is 12.0. The molecule has 16 heavy (non-hydrogen) atoms. The number of hydrogen-bond acceptors (Lipinski definition) is 3. The third-order valence-corrected chi connectivity index (χ3v) is 4.86. The van der Waals surface area contributed by atoms with Gasteiger partial charge in [0.25, 0.3) is 0 Å². The van der Waals surface area contributed by atoms with Gasteiger partial charge in [0.1, 0.15) is 0 Å². The normalized spacial score (nSPS) is 17.0. The summed E-state index contributed by atoms with van der Waals surface area (Å²) < 4.78 is 6.35. The van der Waals surface area contributed by atoms with Crippen molar-refractivity contribution in [2.45, 2.75) is 23.0 Å². The first-order chi connectivity index (χ1) is 7.79. The molecule has 1 aromatic carbocycles. The maximum atomic E-state index is 8.78. The third kappa shape index (κ3) is 3.00. The van der Waals surface area contributed by atoms with Gasteiger partial charge in [-0.1, -0.05) is 0 Å². The molecule has 0 saturated carbocycles. The fourth-order valence-corrected chi connectivity index (χ4v) is 3.40. The predicted molar refractivity (Wildman–Crippen MR) is 68.6 cm³/mol. The van der Waals surface area contributed by atoms with Gasteiger partial charge in [0.2, 0.25) is 0 Å². The van der Waals surface area contributed by atoms with Crippen LogP contribution in [-0.4, -0.2) is 18.5 Å². The average molecular weight is 298 g/mol. The van der Waals surface area contributed by atoms with Crippen molar-refractivity contribution in [3.63, 3.8) is 0 Å². The Balaban J connectivity index is 2.06. The van der Waals surface area contributed by atoms with Crippen LogP contribution in [0.5, 0.6) is 0 Å². The molecule has 0 N–H and O–H groups in total. The molecule has 1 fully saturated rings. The Bertz CT molecular complexity index is 410. The molecule has 0 radical (unpaired) electrons. The van der Waals surface area contributed by atoms with Crippen LogP contribution in [0.4, 0.5) is 0 Å². The van der Waals surface area contributed by atoms with Crippen LogP contribution in [0.1, 0.15) is 18.4 Å². The van der Waals surface area contributed by atoms with E-state index in [9.17, 15) is 0 Å². The number of ether oxygens (including phenoxy) is 1. The largest absolute Gasteiger partial charge is 0.381 e. The predicted octanol–water partition coefficient (Wildman–Crippen LogP) is 3.59. The molecule has 2 rings (SSSR count). The van der Waals surface area contributed by atoms with Crippen LogP contribution >= 0.6 is 27.7 Å². The second-order valence-corrected chi connectivity index (χ2v) is 5.88. The van der Waals surface area contributed by atoms with Gasteiger partial charge >= 0.3 is 0 Å². The van der Waals surface area contributed by atoms with Crippen LogP contribution < -0.4 is 0 Å². The molecule has 4 heteroatoms. The standard InChI is InChI=1S/C12H12BrNOS/c13-11-7-9(8-14)1-2-12(11)16-10-3-5-15-6-4-10/h1-2,7,10H,3-6H2. The average Bonchev–Trinajstić information content (AvgIpc) is 2.33. The number of nitrogens with zero attached hydrogens (tertiary/aromatic N) is 1. The highest BCUT2D eigenvalue weighted by Gasteiger charge is 2.16. The molecule has 2 nitrogen and oxygen atoms in total. The van der Waals surface area contributed by atoms with Crippen LogP contribution in [0.15, 0.2) is 27.6 Å². The maximum Gasteiger partial charge on any atom is 0.0992 e. The number of benzene rings is 1. The first-order valence-corrected chi connectivity index (χ1v) is 6.91. The number of nitriles is 1. The Morgan fingerprint density at radius 2 is 2.12 bits per heavy atom. The molecule has 0 atom stereocenters. The molecular formula is C12H12BrNOS. The molecule has 0 aliphatic carbocycles. The minimum absolute atomic E-state index is 0.637. The summed E-state index contributed by atoms with van der Waals surface area (Å²) in [6, 6.07) is 7.90. The zero-order valence-corrected chi connectivity index (χ0v) is 11.2. The van der Waals surface area contributed by atoms with Crippen molar-refractivity contribution in [2.24, 2.45) is 0 Å². The lowest BCUT2D eigenvalue weighted by atomic mass is 10.2. The highest BCUT2D eigenvalue weighted by Crippen LogP contribution is 2.34. The van der Waals surface area contributed by atoms with Crippen molar-refractivity contribution >= 4 is 27.7 Å². The summed E-state index contributed by atoms with van der Waals surface area (Å²) >= 11 is 5.39. The molecular weight excluding hydrogens is 286 g/mol. The van der Waals surface area contributed by atoms with Gasteiger partial charge < -0.3 is 4.74 Å². The summed E-state index contributed by atoms with van der Waals surface area (Å²) in [6.07, 6.45) is 2.22. The smallest absolute Gasteiger partial charge is 0.0992 e. The van der Waals surface area contributed by atoms with Crippen LogP contribution in [0.3, 0.4) is 0 Å². The molecule has 1 heterocycles. The lowest BCUT2D eigenvalue weighted by Gasteiger charge is -2.21. The van der Waals surface area contributed by atoms with Gasteiger partial charge in [-0.3, -0.25) is 0 Å². The highest BCUT2D eigenvalue weighted by atomic mass is 79.9. The van der Waals surface area contributed by atoms with E-state index in [1.165, 1.54) is 4.90 Å². The molecule has 0 spiro atoms. The molecule has 0 unspecified atom stereocenters. The van der Waals surface area contributed by atoms with E-state index in [1.807, 2.05) is 30.0 Å². The highest BCUT2D eigenvalue weighted by molar-refractivity contribution is 9.10. The van der Waals surface area contributed by atoms with E-state index in [2.05, 4.69) is 22.0 Å². The summed E-state index contributed by atoms with van der Waals surface area (Å²) in [6.45, 7) is 1.73. The van der Waals surface area contributed by atoms with Crippen LogP contribution in [0.2, 0.25) is 0 Å². The molecule has 1 aromatic rings. The van der Waals surface area contributed by atoms with Gasteiger partial charge in [-0.2, -0.15) is 5.26 Å². The van der Waals surface area contributed by atoms with Crippen molar-refractivity contribution in [2.75, 3.05) is 13.2 Å². The minimum atomic E-state index is 0.637. The van der Waals surface area contributed by atoms with Crippen molar-refractivity contribution < 1.29 is 4.74 Å². The van der Waals surface area contributed by atoms with E-state index in [0.717, 1.165) is 30.5 Å². The van der Waals surface area contributed by atoms with Gasteiger partial charge in [0.15, 0.2) is 0 Å². The van der Waals surface area contributed by atoms with Gasteiger partial charge in [0, 0.05) is 27.8 Å². The molecule has 1 aliphatic heterocycles. The number of hydrogen-bond donors (Lipinski definition) is 0. The molecule has 0 bridgehead atoms. The number of thioether (sulfide) groups is 1. The van der Waals surface area contributed by atoms with E-state index in [1.54, 1.807) is 0 Å². The quantitative estimate of drug-likeness (QED) is 0.836. The lowest BCUT2D eigenvalue weighted by molar-refractivity contribution is 0.100. The summed E-state index contributed by atoms with van der Waals surface area (Å²) in [5.41, 5.74) is 0.697. The van der Waals surface area contributed by atoms with E-state index < -0.39 is 0 Å². The van der Waals surface area contributed by atoms with E-state index in [-0.39, 0.29) is 0 Å². The number of rotatable bonds is 2. The minimum Gasteiger partial charge on any atom is -0.381 e. The Labute approximate surface area is 108 Å². The van der Waals surface area contributed by atoms with E-state index in [4.69, 9.17) is 10.00 Å². The fourth-order valence-electron chi connectivity index (χ4n) is 1.64. The zero-order valence-electron chi connectivity index (χ0n) is 8.78. The van der Waals surface area contributed by atoms with Gasteiger partial charge in [0.05, 0.1) is 11.6 Å². The van der Waals surface area contributed by atoms with Crippen molar-refractivity contribution in [3.05, 3.63) is 28.2 Å². The summed E-state index contributed by atoms with van der Waals surface area (Å²) in [5.74, 6) is 0. The zero-order chi connectivity index (χ0) is 11.4. The van der Waals surface area contributed by atoms with Crippen LogP contribution in [0.25, 0.3) is 0 Å². The second-order valence-electron chi connectivity index (χ2n) is 3.69. The Kier molecular flexibility index (Phi) is 4.28. The Hall–Kier alpha value is -0.500. The Morgan fingerprint density at radius 1 is 1.38 bits per heavy atom. The lowest BCUT2D eigenvalue weighted by Crippen LogP contribution is -2.17. The van der Waals surface area contributed by atoms with Crippen LogP contribution in [0, 0.1) is 11.3 Å². The molecule has 84 valence electrons. The SMILES string of the molecule is N#Cc1ccc(SC2CCOCC2)c(Br)c1. The third-order valence-electron chi connectivity index (χ3n) is 2.52. The summed E-state index contributed by atoms with van der Waals surface area (Å²) in [4.78, 5) is 1.21. The monoisotopic (exact) mass is 297 g/mol. The topological polar surface area (TPSA) is 33.0 Å². The van der Waals surface area contributed by atoms with Crippen LogP contribution in [-0.2, 0) is 4.74 Å². The number of halogens is 1. The van der Waals surface area contributed by atoms with Crippen molar-refractivity contribution in [3.8, 4) is 6.07 Å². The molecule has 0 amide bonds. The Morgan fingerprint density at radius 3 is 2.75 bits per heavy atom. The van der Waals surface area contributed by atoms with E-state index >= 15 is 0 Å². The van der Waals surface area contributed by atoms with Gasteiger partial charge in [-0.15, -0.1) is 11.8 Å².